The average molecular weight is 334 g/mol. The largest absolute Gasteiger partial charge is 0.321 e. The van der Waals surface area contributed by atoms with Crippen molar-refractivity contribution in [2.45, 2.75) is 20.3 Å². The Labute approximate surface area is 144 Å². The molecular weight excluding hydrogens is 316 g/mol. The van der Waals surface area contributed by atoms with Crippen molar-refractivity contribution in [3.05, 3.63) is 53.2 Å². The van der Waals surface area contributed by atoms with Crippen LogP contribution in [0.15, 0.2) is 36.4 Å². The molecule has 0 unspecified atom stereocenters. The van der Waals surface area contributed by atoms with E-state index in [0.29, 0.717) is 17.9 Å². The molecule has 2 N–H and O–H groups in total. The van der Waals surface area contributed by atoms with Gasteiger partial charge in [-0.25, -0.2) is 0 Å². The van der Waals surface area contributed by atoms with Crippen molar-refractivity contribution < 1.29 is 9.59 Å². The maximum absolute atomic E-state index is 12.6. The van der Waals surface area contributed by atoms with Gasteiger partial charge in [-0.15, -0.1) is 0 Å². The molecule has 0 radical (unpaired) electrons. The Kier molecular flexibility index (Phi) is 3.53. The molecule has 1 aliphatic rings. The molecule has 0 saturated carbocycles. The molecule has 6 nitrogen and oxygen atoms in total. The van der Waals surface area contributed by atoms with Gasteiger partial charge in [0, 0.05) is 30.2 Å². The van der Waals surface area contributed by atoms with Crippen LogP contribution in [0.1, 0.15) is 28.5 Å². The number of hydrogen-bond donors (Lipinski definition) is 2. The van der Waals surface area contributed by atoms with Crippen LogP contribution in [-0.2, 0) is 11.2 Å². The summed E-state index contributed by atoms with van der Waals surface area (Å²) in [5.41, 5.74) is 4.98. The lowest BCUT2D eigenvalue weighted by atomic mass is 10.1. The molecule has 0 bridgehead atoms. The molecule has 2 heterocycles. The molecular formula is C19H18N4O2. The Hall–Kier alpha value is -3.15. The first-order chi connectivity index (χ1) is 12.0. The highest BCUT2D eigenvalue weighted by Crippen LogP contribution is 2.30. The summed E-state index contributed by atoms with van der Waals surface area (Å²) in [4.78, 5) is 26.0. The third-order valence-electron chi connectivity index (χ3n) is 4.55. The lowest BCUT2D eigenvalue weighted by molar-refractivity contribution is -0.116. The summed E-state index contributed by atoms with van der Waals surface area (Å²) in [5.74, 6) is -0.216. The van der Waals surface area contributed by atoms with Crippen LogP contribution in [-0.4, -0.2) is 28.6 Å². The number of aromatic nitrogens is 2. The van der Waals surface area contributed by atoms with E-state index >= 15 is 0 Å². The molecule has 126 valence electrons. The van der Waals surface area contributed by atoms with E-state index in [9.17, 15) is 9.59 Å². The highest BCUT2D eigenvalue weighted by molar-refractivity contribution is 6.11. The molecule has 1 aromatic heterocycles. The van der Waals surface area contributed by atoms with Crippen molar-refractivity contribution in [1.29, 1.82) is 0 Å². The van der Waals surface area contributed by atoms with Crippen LogP contribution in [0.25, 0.3) is 10.9 Å². The number of nitrogens with one attached hydrogen (secondary N) is 2. The zero-order valence-electron chi connectivity index (χ0n) is 14.1. The average Bonchev–Trinajstić information content (AvgIpc) is 3.17. The molecule has 0 fully saturated rings. The number of aromatic amines is 1. The molecule has 1 aliphatic heterocycles. The van der Waals surface area contributed by atoms with Gasteiger partial charge in [-0.1, -0.05) is 11.6 Å². The number of carbonyl (C=O) groups is 2. The summed E-state index contributed by atoms with van der Waals surface area (Å²) in [6.45, 7) is 4.23. The quantitative estimate of drug-likeness (QED) is 0.756. The first-order valence-electron chi connectivity index (χ1n) is 8.20. The second kappa shape index (κ2) is 5.73. The van der Waals surface area contributed by atoms with Crippen LogP contribution in [0.4, 0.5) is 11.4 Å². The Balaban J connectivity index is 1.61. The molecule has 3 aromatic rings. The predicted octanol–water partition coefficient (Wildman–Crippen LogP) is 3.03. The molecule has 25 heavy (non-hydrogen) atoms. The molecule has 0 aliphatic carbocycles. The van der Waals surface area contributed by atoms with Crippen molar-refractivity contribution in [3.63, 3.8) is 0 Å². The Morgan fingerprint density at radius 3 is 2.84 bits per heavy atom. The number of anilines is 2. The fourth-order valence-corrected chi connectivity index (χ4v) is 3.30. The van der Waals surface area contributed by atoms with Crippen molar-refractivity contribution in [3.8, 4) is 0 Å². The minimum absolute atomic E-state index is 0.0360. The number of rotatable bonds is 2. The van der Waals surface area contributed by atoms with Gasteiger partial charge in [0.25, 0.3) is 5.91 Å². The fraction of sp³-hybridized carbons (Fsp3) is 0.211. The molecule has 2 aromatic carbocycles. The molecule has 0 atom stereocenters. The molecule has 2 amide bonds. The molecule has 0 saturated heterocycles. The second-order valence-electron chi connectivity index (χ2n) is 6.34. The SMILES string of the molecule is CC(=O)N1CCc2cc(NC(=O)c3n[nH]c4ccc(C)cc34)ccc21. The number of H-pyrrole nitrogens is 1. The summed E-state index contributed by atoms with van der Waals surface area (Å²) >= 11 is 0. The minimum Gasteiger partial charge on any atom is -0.321 e. The van der Waals surface area contributed by atoms with Crippen molar-refractivity contribution in [2.24, 2.45) is 0 Å². The van der Waals surface area contributed by atoms with E-state index in [1.54, 1.807) is 11.8 Å². The number of fused-ring (bicyclic) bond motifs is 2. The van der Waals surface area contributed by atoms with Gasteiger partial charge in [-0.2, -0.15) is 5.10 Å². The number of aryl methyl sites for hydroxylation is 1. The Morgan fingerprint density at radius 2 is 2.04 bits per heavy atom. The van der Waals surface area contributed by atoms with Gasteiger partial charge < -0.3 is 10.2 Å². The minimum atomic E-state index is -0.252. The summed E-state index contributed by atoms with van der Waals surface area (Å²) < 4.78 is 0. The van der Waals surface area contributed by atoms with Gasteiger partial charge in [-0.3, -0.25) is 14.7 Å². The molecule has 6 heteroatoms. The maximum atomic E-state index is 12.6. The van der Waals surface area contributed by atoms with Gasteiger partial charge in [-0.05, 0) is 49.2 Å². The third kappa shape index (κ3) is 2.65. The highest BCUT2D eigenvalue weighted by Gasteiger charge is 2.23. The van der Waals surface area contributed by atoms with E-state index in [0.717, 1.165) is 34.1 Å². The topological polar surface area (TPSA) is 78.1 Å². The lowest BCUT2D eigenvalue weighted by Gasteiger charge is -2.15. The Morgan fingerprint density at radius 1 is 1.20 bits per heavy atom. The standard InChI is InChI=1S/C19H18N4O2/c1-11-3-5-16-15(9-11)18(22-21-16)19(25)20-14-4-6-17-13(10-14)7-8-23(17)12(2)24/h3-6,9-10H,7-8H2,1-2H3,(H,20,25)(H,21,22). The highest BCUT2D eigenvalue weighted by atomic mass is 16.2. The van der Waals surface area contributed by atoms with Gasteiger partial charge in [0.15, 0.2) is 5.69 Å². The van der Waals surface area contributed by atoms with Gasteiger partial charge in [0.1, 0.15) is 0 Å². The first kappa shape index (κ1) is 15.4. The van der Waals surface area contributed by atoms with Crippen LogP contribution in [0.5, 0.6) is 0 Å². The summed E-state index contributed by atoms with van der Waals surface area (Å²) in [6.07, 6.45) is 0.795. The van der Waals surface area contributed by atoms with Gasteiger partial charge >= 0.3 is 0 Å². The monoisotopic (exact) mass is 334 g/mol. The van der Waals surface area contributed by atoms with Crippen molar-refractivity contribution >= 4 is 34.1 Å². The summed E-state index contributed by atoms with van der Waals surface area (Å²) in [6, 6.07) is 11.5. The van der Waals surface area contributed by atoms with E-state index in [4.69, 9.17) is 0 Å². The van der Waals surface area contributed by atoms with E-state index in [1.165, 1.54) is 0 Å². The molecule has 0 spiro atoms. The Bertz CT molecular complexity index is 1010. The number of benzene rings is 2. The zero-order valence-corrected chi connectivity index (χ0v) is 14.1. The summed E-state index contributed by atoms with van der Waals surface area (Å²) in [5, 5.41) is 10.7. The van der Waals surface area contributed by atoms with E-state index in [1.807, 2.05) is 43.3 Å². The number of amides is 2. The van der Waals surface area contributed by atoms with E-state index in [2.05, 4.69) is 15.5 Å². The van der Waals surface area contributed by atoms with Crippen LogP contribution < -0.4 is 10.2 Å². The van der Waals surface area contributed by atoms with Gasteiger partial charge in [0.2, 0.25) is 5.91 Å². The lowest BCUT2D eigenvalue weighted by Crippen LogP contribution is -2.25. The fourth-order valence-electron chi connectivity index (χ4n) is 3.30. The van der Waals surface area contributed by atoms with Crippen LogP contribution in [0.2, 0.25) is 0 Å². The van der Waals surface area contributed by atoms with Crippen molar-refractivity contribution in [1.82, 2.24) is 10.2 Å². The third-order valence-corrected chi connectivity index (χ3v) is 4.55. The zero-order chi connectivity index (χ0) is 17.6. The van der Waals surface area contributed by atoms with Crippen LogP contribution >= 0.6 is 0 Å². The van der Waals surface area contributed by atoms with E-state index in [-0.39, 0.29) is 11.8 Å². The van der Waals surface area contributed by atoms with Crippen LogP contribution in [0, 0.1) is 6.92 Å². The number of nitrogens with zero attached hydrogens (tertiary/aromatic N) is 2. The first-order valence-corrected chi connectivity index (χ1v) is 8.20. The number of hydrogen-bond acceptors (Lipinski definition) is 3. The second-order valence-corrected chi connectivity index (χ2v) is 6.34. The smallest absolute Gasteiger partial charge is 0.276 e. The maximum Gasteiger partial charge on any atom is 0.276 e. The predicted molar refractivity (Wildman–Crippen MR) is 97.0 cm³/mol. The number of carbonyl (C=O) groups excluding carboxylic acids is 2. The van der Waals surface area contributed by atoms with E-state index < -0.39 is 0 Å². The van der Waals surface area contributed by atoms with Gasteiger partial charge in [0.05, 0.1) is 5.52 Å². The van der Waals surface area contributed by atoms with Crippen LogP contribution in [0.3, 0.4) is 0 Å². The normalized spacial score (nSPS) is 13.1. The summed E-state index contributed by atoms with van der Waals surface area (Å²) in [7, 11) is 0. The van der Waals surface area contributed by atoms with Crippen molar-refractivity contribution in [2.75, 3.05) is 16.8 Å². The molecule has 4 rings (SSSR count).